The molecule has 0 aromatic rings. The van der Waals surface area contributed by atoms with E-state index in [9.17, 15) is 9.59 Å². The van der Waals surface area contributed by atoms with Gasteiger partial charge in [0.2, 0.25) is 0 Å². The van der Waals surface area contributed by atoms with Gasteiger partial charge in [0.25, 0.3) is 0 Å². The summed E-state index contributed by atoms with van der Waals surface area (Å²) in [6, 6.07) is 0. The quantitative estimate of drug-likeness (QED) is 0.820. The summed E-state index contributed by atoms with van der Waals surface area (Å²) in [5.41, 5.74) is -1.16. The summed E-state index contributed by atoms with van der Waals surface area (Å²) in [4.78, 5) is 24.3. The van der Waals surface area contributed by atoms with Crippen LogP contribution in [0.5, 0.6) is 0 Å². The minimum absolute atomic E-state index is 0.0464. The lowest BCUT2D eigenvalue weighted by Crippen LogP contribution is -2.70. The number of hydrogen-bond acceptors (Lipinski definition) is 3. The maximum atomic E-state index is 12.1. The minimum Gasteiger partial charge on any atom is -0.480 e. The Kier molecular flexibility index (Phi) is 2.31. The van der Waals surface area contributed by atoms with Gasteiger partial charge in [-0.1, -0.05) is 0 Å². The molecule has 0 unspecified atom stereocenters. The highest BCUT2D eigenvalue weighted by molar-refractivity contribution is 5.78. The van der Waals surface area contributed by atoms with Crippen LogP contribution in [0.2, 0.25) is 0 Å². The maximum absolute atomic E-state index is 12.1. The molecule has 2 bridgehead atoms. The van der Waals surface area contributed by atoms with Crippen LogP contribution in [0.3, 0.4) is 0 Å². The fourth-order valence-electron chi connectivity index (χ4n) is 2.62. The summed E-state index contributed by atoms with van der Waals surface area (Å²) in [5.74, 6) is -0.376. The van der Waals surface area contributed by atoms with Crippen LogP contribution in [0, 0.1) is 5.92 Å². The van der Waals surface area contributed by atoms with Gasteiger partial charge >= 0.3 is 12.1 Å². The normalized spacial score (nSPS) is 30.7. The van der Waals surface area contributed by atoms with Gasteiger partial charge in [-0.05, 0) is 45.9 Å². The second-order valence-electron chi connectivity index (χ2n) is 5.81. The highest BCUT2D eigenvalue weighted by atomic mass is 16.6. The molecule has 3 aliphatic carbocycles. The van der Waals surface area contributed by atoms with Crippen LogP contribution in [0.4, 0.5) is 4.79 Å². The van der Waals surface area contributed by atoms with Gasteiger partial charge in [-0.3, -0.25) is 9.69 Å². The summed E-state index contributed by atoms with van der Waals surface area (Å²) < 4.78 is 12.5. The lowest BCUT2D eigenvalue weighted by molar-refractivity contribution is -0.158. The van der Waals surface area contributed by atoms with Crippen molar-refractivity contribution in [2.24, 2.45) is 5.92 Å². The molecule has 0 saturated heterocycles. The summed E-state index contributed by atoms with van der Waals surface area (Å²) in [6.45, 7) is 2.94. The van der Waals surface area contributed by atoms with E-state index in [1.54, 1.807) is 13.8 Å². The molecule has 1 amide bonds. The molecule has 1 N–H and O–H groups in total. The topological polar surface area (TPSA) is 66.8 Å². The zero-order valence-electron chi connectivity index (χ0n) is 11.2. The Labute approximate surface area is 102 Å². The van der Waals surface area contributed by atoms with Crippen molar-refractivity contribution >= 4 is 12.1 Å². The molecule has 0 aromatic carbocycles. The average molecular weight is 242 g/mol. The summed E-state index contributed by atoms with van der Waals surface area (Å²) in [6.07, 6.45) is 2.05. The van der Waals surface area contributed by atoms with Crippen molar-refractivity contribution in [2.75, 3.05) is 6.54 Å². The van der Waals surface area contributed by atoms with Crippen LogP contribution in [0.25, 0.3) is 0 Å². The van der Waals surface area contributed by atoms with Gasteiger partial charge in [0.1, 0.15) is 12.1 Å². The van der Waals surface area contributed by atoms with Gasteiger partial charge in [0.05, 0.1) is 0 Å². The van der Waals surface area contributed by atoms with Gasteiger partial charge in [0.15, 0.2) is 0 Å². The number of carbonyl (C=O) groups excluding carboxylic acids is 1. The molecule has 3 saturated carbocycles. The Hall–Kier alpha value is -1.26. The number of amides is 1. The van der Waals surface area contributed by atoms with Crippen LogP contribution in [-0.2, 0) is 9.53 Å². The highest BCUT2D eigenvalue weighted by Crippen LogP contribution is 2.60. The molecular weight excluding hydrogens is 222 g/mol. The SMILES string of the molecule is [2H]CC(C)(C)OC(=O)N(CC(=O)O)C12CC(C1)C2. The lowest BCUT2D eigenvalue weighted by atomic mass is 9.49. The maximum Gasteiger partial charge on any atom is 0.411 e. The molecule has 0 aromatic heterocycles. The minimum atomic E-state index is -1.03. The summed E-state index contributed by atoms with van der Waals surface area (Å²) in [5, 5.41) is 8.90. The molecular formula is C12H19NO4. The molecule has 0 heterocycles. The second kappa shape index (κ2) is 3.62. The number of carboxylic acids is 1. The predicted octanol–water partition coefficient (Wildman–Crippen LogP) is 1.86. The number of carboxylic acid groups (broad SMARTS) is 1. The number of aliphatic carboxylic acids is 1. The largest absolute Gasteiger partial charge is 0.480 e. The van der Waals surface area contributed by atoms with Crippen LogP contribution in [-0.4, -0.2) is 39.8 Å². The van der Waals surface area contributed by atoms with Gasteiger partial charge in [-0.15, -0.1) is 0 Å². The summed E-state index contributed by atoms with van der Waals surface area (Å²) >= 11 is 0. The molecule has 0 spiro atoms. The predicted molar refractivity (Wildman–Crippen MR) is 60.6 cm³/mol. The van der Waals surface area contributed by atoms with Crippen molar-refractivity contribution in [3.8, 4) is 0 Å². The first-order valence-electron chi connectivity index (χ1n) is 6.50. The molecule has 5 nitrogen and oxygen atoms in total. The standard InChI is InChI=1S/C12H19NO4/c1-11(2,3)17-10(16)13(7-9(14)15)12-4-8(5-12)6-12/h8H,4-7H2,1-3H3,(H,14,15)/i1D. The molecule has 0 radical (unpaired) electrons. The number of rotatable bonds is 3. The zero-order chi connectivity index (χ0) is 13.6. The van der Waals surface area contributed by atoms with Crippen molar-refractivity contribution in [2.45, 2.75) is 51.1 Å². The van der Waals surface area contributed by atoms with Crippen molar-refractivity contribution in [3.05, 3.63) is 0 Å². The Balaban J connectivity index is 2.04. The van der Waals surface area contributed by atoms with E-state index in [0.717, 1.165) is 19.3 Å². The third-order valence-electron chi connectivity index (χ3n) is 3.46. The van der Waals surface area contributed by atoms with Crippen LogP contribution in [0.1, 0.15) is 41.4 Å². The third-order valence-corrected chi connectivity index (χ3v) is 3.46. The molecule has 3 rings (SSSR count). The number of carbonyl (C=O) groups is 2. The van der Waals surface area contributed by atoms with Crippen molar-refractivity contribution in [1.29, 1.82) is 0 Å². The van der Waals surface area contributed by atoms with Gasteiger partial charge in [0, 0.05) is 6.91 Å². The molecule has 96 valence electrons. The van der Waals surface area contributed by atoms with Crippen molar-refractivity contribution in [1.82, 2.24) is 4.90 Å². The number of ether oxygens (including phenoxy) is 1. The highest BCUT2D eigenvalue weighted by Gasteiger charge is 2.62. The summed E-state index contributed by atoms with van der Waals surface area (Å²) in [7, 11) is 0. The monoisotopic (exact) mass is 242 g/mol. The van der Waals surface area contributed by atoms with Crippen LogP contribution < -0.4 is 0 Å². The van der Waals surface area contributed by atoms with E-state index in [2.05, 4.69) is 0 Å². The fraction of sp³-hybridized carbons (Fsp3) is 0.833. The zero-order valence-corrected chi connectivity index (χ0v) is 10.2. The van der Waals surface area contributed by atoms with Gasteiger partial charge in [-0.2, -0.15) is 0 Å². The Morgan fingerprint density at radius 1 is 1.53 bits per heavy atom. The molecule has 17 heavy (non-hydrogen) atoms. The molecule has 5 heteroatoms. The van der Waals surface area contributed by atoms with E-state index in [1.807, 2.05) is 0 Å². The van der Waals surface area contributed by atoms with Crippen LogP contribution >= 0.6 is 0 Å². The lowest BCUT2D eigenvalue weighted by Gasteiger charge is -2.65. The van der Waals surface area contributed by atoms with Gasteiger partial charge < -0.3 is 9.84 Å². The van der Waals surface area contributed by atoms with Crippen molar-refractivity contribution < 1.29 is 20.8 Å². The van der Waals surface area contributed by atoms with E-state index in [0.29, 0.717) is 5.92 Å². The molecule has 3 aliphatic rings. The Morgan fingerprint density at radius 3 is 2.47 bits per heavy atom. The first-order chi connectivity index (χ1) is 8.28. The first-order valence-corrected chi connectivity index (χ1v) is 5.80. The first kappa shape index (κ1) is 10.9. The van der Waals surface area contributed by atoms with E-state index in [-0.39, 0.29) is 19.0 Å². The van der Waals surface area contributed by atoms with Crippen molar-refractivity contribution in [3.63, 3.8) is 0 Å². The Bertz CT molecular complexity index is 365. The average Bonchev–Trinajstić information content (AvgIpc) is 2.10. The van der Waals surface area contributed by atoms with E-state index in [4.69, 9.17) is 11.2 Å². The fourth-order valence-corrected chi connectivity index (χ4v) is 2.62. The molecule has 0 aliphatic heterocycles. The molecule has 3 fully saturated rings. The van der Waals surface area contributed by atoms with E-state index >= 15 is 0 Å². The third kappa shape index (κ3) is 2.23. The number of hydrogen-bond donors (Lipinski definition) is 1. The second-order valence-corrected chi connectivity index (χ2v) is 5.81. The molecule has 0 atom stereocenters. The Morgan fingerprint density at radius 2 is 2.12 bits per heavy atom. The van der Waals surface area contributed by atoms with E-state index < -0.39 is 17.7 Å². The smallest absolute Gasteiger partial charge is 0.411 e. The van der Waals surface area contributed by atoms with E-state index in [1.165, 1.54) is 4.90 Å². The van der Waals surface area contributed by atoms with Gasteiger partial charge in [-0.25, -0.2) is 4.79 Å². The number of nitrogens with zero attached hydrogens (tertiary/aromatic N) is 1. The van der Waals surface area contributed by atoms with Crippen LogP contribution in [0.15, 0.2) is 0 Å².